The summed E-state index contributed by atoms with van der Waals surface area (Å²) in [6.45, 7) is 1.95. The molecule has 0 aliphatic carbocycles. The second-order valence-electron chi connectivity index (χ2n) is 4.90. The number of hydrogen-bond acceptors (Lipinski definition) is 5. The monoisotopic (exact) mass is 322 g/mol. The zero-order valence-electron chi connectivity index (χ0n) is 12.3. The van der Waals surface area contributed by atoms with Gasteiger partial charge in [0, 0.05) is 12.3 Å². The molecule has 22 heavy (non-hydrogen) atoms. The maximum Gasteiger partial charge on any atom is 0.326 e. The lowest BCUT2D eigenvalue weighted by atomic mass is 10.1. The molecule has 0 unspecified atom stereocenters. The zero-order chi connectivity index (χ0) is 15.9. The van der Waals surface area contributed by atoms with Crippen molar-refractivity contribution >= 4 is 28.9 Å². The van der Waals surface area contributed by atoms with Crippen LogP contribution in [0.4, 0.5) is 4.79 Å². The summed E-state index contributed by atoms with van der Waals surface area (Å²) < 4.78 is 4.90. The molecule has 2 amide bonds. The molecular weight excluding hydrogens is 304 g/mol. The number of amides is 2. The third-order valence-corrected chi connectivity index (χ3v) is 4.10. The second kappa shape index (κ2) is 7.84. The number of thioether (sulfide) groups is 1. The van der Waals surface area contributed by atoms with Crippen molar-refractivity contribution in [3.63, 3.8) is 0 Å². The number of esters is 1. The number of hydrogen-bond donors (Lipinski definition) is 1. The Balaban J connectivity index is 1.71. The molecule has 0 spiro atoms. The molecule has 1 aliphatic heterocycles. The van der Waals surface area contributed by atoms with E-state index in [0.29, 0.717) is 12.3 Å². The first-order valence-corrected chi connectivity index (χ1v) is 7.96. The second-order valence-corrected chi connectivity index (χ2v) is 5.94. The first-order valence-electron chi connectivity index (χ1n) is 6.98. The van der Waals surface area contributed by atoms with Crippen LogP contribution in [0.25, 0.3) is 0 Å². The maximum atomic E-state index is 11.8. The Morgan fingerprint density at radius 3 is 2.73 bits per heavy atom. The highest BCUT2D eigenvalue weighted by atomic mass is 32.2. The largest absolute Gasteiger partial charge is 0.454 e. The number of nitrogens with zero attached hydrogens (tertiary/aromatic N) is 1. The Kier molecular flexibility index (Phi) is 5.83. The van der Waals surface area contributed by atoms with Crippen LogP contribution in [0.3, 0.4) is 0 Å². The van der Waals surface area contributed by atoms with E-state index < -0.39 is 5.97 Å². The van der Waals surface area contributed by atoms with Crippen molar-refractivity contribution in [3.05, 3.63) is 35.9 Å². The highest BCUT2D eigenvalue weighted by Crippen LogP contribution is 2.16. The van der Waals surface area contributed by atoms with E-state index in [1.165, 1.54) is 16.7 Å². The third-order valence-electron chi connectivity index (χ3n) is 3.21. The molecular formula is C15H18N2O4S. The average Bonchev–Trinajstić information content (AvgIpc) is 2.91. The number of nitrogens with one attached hydrogen (secondary N) is 1. The smallest absolute Gasteiger partial charge is 0.326 e. The van der Waals surface area contributed by atoms with E-state index in [1.54, 1.807) is 0 Å². The molecule has 2 rings (SSSR count). The maximum absolute atomic E-state index is 11.8. The van der Waals surface area contributed by atoms with Crippen LogP contribution in [0.15, 0.2) is 30.3 Å². The Morgan fingerprint density at radius 2 is 2.09 bits per heavy atom. The van der Waals surface area contributed by atoms with Crippen LogP contribution in [0.5, 0.6) is 0 Å². The van der Waals surface area contributed by atoms with Crippen molar-refractivity contribution in [2.75, 3.05) is 25.4 Å². The third kappa shape index (κ3) is 4.77. The summed E-state index contributed by atoms with van der Waals surface area (Å²) in [6.07, 6.45) is 0. The molecule has 1 fully saturated rings. The van der Waals surface area contributed by atoms with E-state index in [9.17, 15) is 14.4 Å². The molecule has 1 aromatic carbocycles. The topological polar surface area (TPSA) is 75.7 Å². The first-order chi connectivity index (χ1) is 10.6. The van der Waals surface area contributed by atoms with Crippen molar-refractivity contribution in [2.24, 2.45) is 0 Å². The number of carbonyl (C=O) groups is 3. The van der Waals surface area contributed by atoms with Crippen LogP contribution < -0.4 is 5.32 Å². The number of benzene rings is 1. The van der Waals surface area contributed by atoms with Crippen molar-refractivity contribution in [1.82, 2.24) is 10.2 Å². The van der Waals surface area contributed by atoms with E-state index in [1.807, 2.05) is 37.3 Å². The van der Waals surface area contributed by atoms with Crippen molar-refractivity contribution < 1.29 is 19.1 Å². The summed E-state index contributed by atoms with van der Waals surface area (Å²) in [5.41, 5.74) is 0.974. The van der Waals surface area contributed by atoms with Gasteiger partial charge in [0.25, 0.3) is 11.1 Å². The fraction of sp³-hybridized carbons (Fsp3) is 0.400. The summed E-state index contributed by atoms with van der Waals surface area (Å²) in [5, 5.41) is 2.63. The van der Waals surface area contributed by atoms with Gasteiger partial charge in [-0.15, -0.1) is 0 Å². The summed E-state index contributed by atoms with van der Waals surface area (Å²) in [7, 11) is 0. The molecule has 1 saturated heterocycles. The SMILES string of the molecule is C[C@H](NC(=O)COC(=O)CN1CCSC1=O)c1ccccc1. The summed E-state index contributed by atoms with van der Waals surface area (Å²) >= 11 is 1.18. The van der Waals surface area contributed by atoms with Gasteiger partial charge in [-0.05, 0) is 12.5 Å². The van der Waals surface area contributed by atoms with Crippen LogP contribution >= 0.6 is 11.8 Å². The lowest BCUT2D eigenvalue weighted by molar-refractivity contribution is -0.149. The molecule has 1 atom stereocenters. The van der Waals surface area contributed by atoms with Crippen LogP contribution in [-0.2, 0) is 14.3 Å². The van der Waals surface area contributed by atoms with Crippen LogP contribution in [0, 0.1) is 0 Å². The fourth-order valence-electron chi connectivity index (χ4n) is 2.03. The predicted octanol–water partition coefficient (Wildman–Crippen LogP) is 1.58. The van der Waals surface area contributed by atoms with Crippen LogP contribution in [0.1, 0.15) is 18.5 Å². The van der Waals surface area contributed by atoms with Crippen molar-refractivity contribution in [2.45, 2.75) is 13.0 Å². The quantitative estimate of drug-likeness (QED) is 0.805. The molecule has 7 heteroatoms. The highest BCUT2D eigenvalue weighted by Gasteiger charge is 2.24. The van der Waals surface area contributed by atoms with Gasteiger partial charge in [-0.25, -0.2) is 0 Å². The molecule has 0 bridgehead atoms. The van der Waals surface area contributed by atoms with E-state index >= 15 is 0 Å². The van der Waals surface area contributed by atoms with E-state index in [-0.39, 0.29) is 30.3 Å². The molecule has 0 saturated carbocycles. The highest BCUT2D eigenvalue weighted by molar-refractivity contribution is 8.13. The molecule has 1 N–H and O–H groups in total. The lowest BCUT2D eigenvalue weighted by Crippen LogP contribution is -2.35. The minimum atomic E-state index is -0.571. The van der Waals surface area contributed by atoms with E-state index in [4.69, 9.17) is 4.74 Å². The Bertz CT molecular complexity index is 550. The average molecular weight is 322 g/mol. The van der Waals surface area contributed by atoms with Crippen LogP contribution in [0.2, 0.25) is 0 Å². The Morgan fingerprint density at radius 1 is 1.36 bits per heavy atom. The van der Waals surface area contributed by atoms with Gasteiger partial charge in [0.15, 0.2) is 6.61 Å². The normalized spacial score (nSPS) is 15.5. The van der Waals surface area contributed by atoms with E-state index in [2.05, 4.69) is 5.32 Å². The molecule has 0 radical (unpaired) electrons. The molecule has 6 nitrogen and oxygen atoms in total. The number of carbonyl (C=O) groups excluding carboxylic acids is 3. The molecule has 1 aromatic rings. The molecule has 1 aliphatic rings. The summed E-state index contributed by atoms with van der Waals surface area (Å²) in [6, 6.07) is 9.34. The van der Waals surface area contributed by atoms with Gasteiger partial charge < -0.3 is 15.0 Å². The summed E-state index contributed by atoms with van der Waals surface area (Å²) in [4.78, 5) is 36.1. The Labute approximate surface area is 133 Å². The van der Waals surface area contributed by atoms with Gasteiger partial charge in [0.1, 0.15) is 6.54 Å². The van der Waals surface area contributed by atoms with Gasteiger partial charge in [0.05, 0.1) is 6.04 Å². The fourth-order valence-corrected chi connectivity index (χ4v) is 2.85. The van der Waals surface area contributed by atoms with Gasteiger partial charge in [0.2, 0.25) is 0 Å². The first kappa shape index (κ1) is 16.4. The van der Waals surface area contributed by atoms with Crippen molar-refractivity contribution in [1.29, 1.82) is 0 Å². The summed E-state index contributed by atoms with van der Waals surface area (Å²) in [5.74, 6) is -0.258. The van der Waals surface area contributed by atoms with Crippen LogP contribution in [-0.4, -0.2) is 47.5 Å². The van der Waals surface area contributed by atoms with Gasteiger partial charge >= 0.3 is 5.97 Å². The lowest BCUT2D eigenvalue weighted by Gasteiger charge is -2.15. The van der Waals surface area contributed by atoms with Gasteiger partial charge in [-0.2, -0.15) is 0 Å². The van der Waals surface area contributed by atoms with Gasteiger partial charge in [-0.3, -0.25) is 14.4 Å². The van der Waals surface area contributed by atoms with Gasteiger partial charge in [-0.1, -0.05) is 42.1 Å². The minimum Gasteiger partial charge on any atom is -0.454 e. The molecule has 0 aromatic heterocycles. The Hall–Kier alpha value is -2.02. The number of ether oxygens (including phenoxy) is 1. The van der Waals surface area contributed by atoms with Crippen molar-refractivity contribution in [3.8, 4) is 0 Å². The molecule has 118 valence electrons. The number of rotatable bonds is 6. The minimum absolute atomic E-state index is 0.104. The standard InChI is InChI=1S/C15H18N2O4S/c1-11(12-5-3-2-4-6-12)16-13(18)10-21-14(19)9-17-7-8-22-15(17)20/h2-6,11H,7-10H2,1H3,(H,16,18)/t11-/m0/s1. The molecule has 1 heterocycles. The van der Waals surface area contributed by atoms with E-state index in [0.717, 1.165) is 5.56 Å². The zero-order valence-corrected chi connectivity index (χ0v) is 13.1. The predicted molar refractivity (Wildman–Crippen MR) is 83.4 cm³/mol.